The summed E-state index contributed by atoms with van der Waals surface area (Å²) in [5.74, 6) is 0.839. The van der Waals surface area contributed by atoms with Crippen LogP contribution in [0.15, 0.2) is 113 Å². The van der Waals surface area contributed by atoms with Crippen molar-refractivity contribution in [2.24, 2.45) is 0 Å². The Labute approximate surface area is 209 Å². The predicted octanol–water partition coefficient (Wildman–Crippen LogP) is 6.69. The molecule has 176 valence electrons. The Bertz CT molecular complexity index is 1870. The zero-order valence-corrected chi connectivity index (χ0v) is 20.7. The van der Waals surface area contributed by atoms with Gasteiger partial charge in [0.15, 0.2) is 5.03 Å². The highest BCUT2D eigenvalue weighted by molar-refractivity contribution is 7.91. The summed E-state index contributed by atoms with van der Waals surface area (Å²) in [7, 11) is -3.74. The molecule has 0 aliphatic heterocycles. The van der Waals surface area contributed by atoms with Crippen LogP contribution in [0.1, 0.15) is 11.1 Å². The number of hydrogen-bond acceptors (Lipinski definition) is 4. The van der Waals surface area contributed by atoms with Gasteiger partial charge < -0.3 is 0 Å². The van der Waals surface area contributed by atoms with Crippen LogP contribution in [0, 0.1) is 13.8 Å². The third kappa shape index (κ3) is 3.67. The van der Waals surface area contributed by atoms with E-state index in [1.54, 1.807) is 30.3 Å². The normalized spacial score (nSPS) is 11.8. The summed E-state index contributed by atoms with van der Waals surface area (Å²) in [6.07, 6.45) is 3.39. The van der Waals surface area contributed by atoms with Gasteiger partial charge in [0.2, 0.25) is 9.84 Å². The third-order valence-corrected chi connectivity index (χ3v) is 8.09. The summed E-state index contributed by atoms with van der Waals surface area (Å²) in [5, 5.41) is 2.31. The van der Waals surface area contributed by atoms with E-state index in [1.807, 2.05) is 50.4 Å². The maximum absolute atomic E-state index is 13.3. The number of benzene rings is 3. The molecule has 3 aromatic heterocycles. The molecule has 0 aliphatic rings. The standard InChI is InChI=1S/C30H23N3O2S/c1-20-14-15-31-30(16-20)36(34,35)24-7-5-6-22(17-24)23-11-12-26-25-8-3-4-9-27(25)33(28(26)18-23)29-13-10-21(2)19-32-29/h3-19H,1-2H3. The zero-order valence-electron chi connectivity index (χ0n) is 19.9. The Hall–Kier alpha value is -4.29. The van der Waals surface area contributed by atoms with Crippen molar-refractivity contribution in [3.8, 4) is 16.9 Å². The van der Waals surface area contributed by atoms with Crippen molar-refractivity contribution in [2.75, 3.05) is 0 Å². The quantitative estimate of drug-likeness (QED) is 0.277. The van der Waals surface area contributed by atoms with Gasteiger partial charge in [-0.2, -0.15) is 0 Å². The molecule has 0 radical (unpaired) electrons. The Balaban J connectivity index is 1.53. The number of pyridine rings is 2. The molecule has 0 atom stereocenters. The molecule has 3 heterocycles. The fourth-order valence-corrected chi connectivity index (χ4v) is 5.93. The van der Waals surface area contributed by atoms with Crippen LogP contribution in [0.5, 0.6) is 0 Å². The van der Waals surface area contributed by atoms with Crippen LogP contribution in [0.4, 0.5) is 0 Å². The summed E-state index contributed by atoms with van der Waals surface area (Å²) in [5.41, 5.74) is 5.78. The molecule has 6 heteroatoms. The predicted molar refractivity (Wildman–Crippen MR) is 143 cm³/mol. The molecule has 3 aromatic carbocycles. The first-order valence-electron chi connectivity index (χ1n) is 11.7. The Morgan fingerprint density at radius 1 is 0.667 bits per heavy atom. The van der Waals surface area contributed by atoms with Crippen LogP contribution >= 0.6 is 0 Å². The maximum atomic E-state index is 13.3. The van der Waals surface area contributed by atoms with Gasteiger partial charge in [-0.3, -0.25) is 4.57 Å². The van der Waals surface area contributed by atoms with Crippen molar-refractivity contribution < 1.29 is 8.42 Å². The van der Waals surface area contributed by atoms with Crippen LogP contribution in [-0.2, 0) is 9.84 Å². The number of aromatic nitrogens is 3. The first-order valence-corrected chi connectivity index (χ1v) is 13.1. The van der Waals surface area contributed by atoms with E-state index >= 15 is 0 Å². The van der Waals surface area contributed by atoms with Crippen LogP contribution in [0.3, 0.4) is 0 Å². The van der Waals surface area contributed by atoms with Gasteiger partial charge in [-0.05, 0) is 78.6 Å². The SMILES string of the molecule is Cc1ccc(-n2c3ccccc3c3ccc(-c4cccc(S(=O)(=O)c5cc(C)ccn5)c4)cc32)nc1. The monoisotopic (exact) mass is 489 g/mol. The molecule has 0 aliphatic carbocycles. The highest BCUT2D eigenvalue weighted by atomic mass is 32.2. The molecule has 0 amide bonds. The minimum atomic E-state index is -3.74. The van der Waals surface area contributed by atoms with E-state index in [1.165, 1.54) is 6.20 Å². The number of sulfone groups is 1. The summed E-state index contributed by atoms with van der Waals surface area (Å²) in [6.45, 7) is 3.88. The summed E-state index contributed by atoms with van der Waals surface area (Å²) in [4.78, 5) is 9.02. The van der Waals surface area contributed by atoms with Gasteiger partial charge in [0.05, 0.1) is 15.9 Å². The van der Waals surface area contributed by atoms with Crippen LogP contribution in [0.2, 0.25) is 0 Å². The van der Waals surface area contributed by atoms with Gasteiger partial charge in [-0.15, -0.1) is 0 Å². The average Bonchev–Trinajstić information content (AvgIpc) is 3.23. The summed E-state index contributed by atoms with van der Waals surface area (Å²) in [6, 6.07) is 29.0. The number of rotatable bonds is 4. The van der Waals surface area contributed by atoms with Crippen LogP contribution in [0.25, 0.3) is 38.8 Å². The van der Waals surface area contributed by atoms with Crippen LogP contribution in [-0.4, -0.2) is 23.0 Å². The maximum Gasteiger partial charge on any atom is 0.223 e. The topological polar surface area (TPSA) is 64.8 Å². The fourth-order valence-electron chi connectivity index (χ4n) is 4.61. The molecule has 0 saturated heterocycles. The second-order valence-corrected chi connectivity index (χ2v) is 10.9. The summed E-state index contributed by atoms with van der Waals surface area (Å²) >= 11 is 0. The van der Waals surface area contributed by atoms with E-state index in [0.717, 1.165) is 49.9 Å². The molecule has 0 fully saturated rings. The van der Waals surface area contributed by atoms with Crippen molar-refractivity contribution in [1.82, 2.24) is 14.5 Å². The van der Waals surface area contributed by atoms with E-state index in [2.05, 4.69) is 44.9 Å². The molecule has 0 unspecified atom stereocenters. The summed E-state index contributed by atoms with van der Waals surface area (Å²) < 4.78 is 28.7. The minimum Gasteiger partial charge on any atom is -0.294 e. The van der Waals surface area contributed by atoms with E-state index in [-0.39, 0.29) is 9.92 Å². The van der Waals surface area contributed by atoms with Gasteiger partial charge in [-0.25, -0.2) is 18.4 Å². The number of para-hydroxylation sites is 1. The van der Waals surface area contributed by atoms with Gasteiger partial charge in [0.25, 0.3) is 0 Å². The van der Waals surface area contributed by atoms with Crippen molar-refractivity contribution in [3.05, 3.63) is 115 Å². The minimum absolute atomic E-state index is 0.0562. The number of hydrogen-bond donors (Lipinski definition) is 0. The highest BCUT2D eigenvalue weighted by Gasteiger charge is 2.20. The van der Waals surface area contributed by atoms with Crippen molar-refractivity contribution >= 4 is 31.6 Å². The molecule has 0 bridgehead atoms. The second-order valence-electron chi connectivity index (χ2n) is 8.98. The second kappa shape index (κ2) is 8.43. The lowest BCUT2D eigenvalue weighted by molar-refractivity contribution is 0.592. The molecule has 6 aromatic rings. The van der Waals surface area contributed by atoms with E-state index in [0.29, 0.717) is 0 Å². The van der Waals surface area contributed by atoms with Gasteiger partial charge >= 0.3 is 0 Å². The fraction of sp³-hybridized carbons (Fsp3) is 0.0667. The number of nitrogens with zero attached hydrogens (tertiary/aromatic N) is 3. The van der Waals surface area contributed by atoms with Gasteiger partial charge in [-0.1, -0.05) is 48.5 Å². The van der Waals surface area contributed by atoms with E-state index in [9.17, 15) is 8.42 Å². The van der Waals surface area contributed by atoms with Crippen molar-refractivity contribution in [3.63, 3.8) is 0 Å². The highest BCUT2D eigenvalue weighted by Crippen LogP contribution is 2.35. The van der Waals surface area contributed by atoms with E-state index in [4.69, 9.17) is 0 Å². The zero-order chi connectivity index (χ0) is 24.9. The lowest BCUT2D eigenvalue weighted by Crippen LogP contribution is -2.04. The number of aryl methyl sites for hydroxylation is 2. The lowest BCUT2D eigenvalue weighted by atomic mass is 10.0. The Morgan fingerprint density at radius 2 is 1.47 bits per heavy atom. The lowest BCUT2D eigenvalue weighted by Gasteiger charge is -2.10. The molecular formula is C30H23N3O2S. The van der Waals surface area contributed by atoms with Gasteiger partial charge in [0, 0.05) is 23.2 Å². The number of fused-ring (bicyclic) bond motifs is 3. The van der Waals surface area contributed by atoms with Crippen LogP contribution < -0.4 is 0 Å². The largest absolute Gasteiger partial charge is 0.294 e. The molecular weight excluding hydrogens is 466 g/mol. The average molecular weight is 490 g/mol. The van der Waals surface area contributed by atoms with E-state index < -0.39 is 9.84 Å². The van der Waals surface area contributed by atoms with Crippen molar-refractivity contribution in [2.45, 2.75) is 23.8 Å². The smallest absolute Gasteiger partial charge is 0.223 e. The first-order chi connectivity index (χ1) is 17.4. The molecule has 36 heavy (non-hydrogen) atoms. The first kappa shape index (κ1) is 22.2. The van der Waals surface area contributed by atoms with Crippen molar-refractivity contribution in [1.29, 1.82) is 0 Å². The Kier molecular flexibility index (Phi) is 5.20. The Morgan fingerprint density at radius 3 is 2.28 bits per heavy atom. The molecule has 0 N–H and O–H groups in total. The molecule has 0 spiro atoms. The molecule has 5 nitrogen and oxygen atoms in total. The third-order valence-electron chi connectivity index (χ3n) is 6.44. The molecule has 6 rings (SSSR count). The van der Waals surface area contributed by atoms with Gasteiger partial charge in [0.1, 0.15) is 5.82 Å². The molecule has 0 saturated carbocycles.